The molecule has 14 heavy (non-hydrogen) atoms. The van der Waals surface area contributed by atoms with Gasteiger partial charge in [0.05, 0.1) is 0 Å². The number of piperidine rings is 1. The molecule has 0 aromatic heterocycles. The van der Waals surface area contributed by atoms with E-state index < -0.39 is 0 Å². The van der Waals surface area contributed by atoms with Crippen LogP contribution in [0.1, 0.15) is 46.0 Å². The Balaban J connectivity index is 2.29. The Bertz CT molecular complexity index is 144. The second kappa shape index (κ2) is 5.97. The van der Waals surface area contributed by atoms with E-state index in [0.29, 0.717) is 5.41 Å². The molecule has 1 saturated heterocycles. The van der Waals surface area contributed by atoms with Crippen LogP contribution in [0.5, 0.6) is 0 Å². The minimum Gasteiger partial charge on any atom is -0.303 e. The molecule has 84 valence electrons. The maximum absolute atomic E-state index is 5.70. The molecular formula is C12H24ClN. The van der Waals surface area contributed by atoms with Gasteiger partial charge in [0.2, 0.25) is 0 Å². The van der Waals surface area contributed by atoms with Crippen molar-refractivity contribution in [3.8, 4) is 0 Å². The maximum atomic E-state index is 5.70. The lowest BCUT2D eigenvalue weighted by Gasteiger charge is -2.41. The summed E-state index contributed by atoms with van der Waals surface area (Å²) in [5.74, 6) is 0.809. The minimum atomic E-state index is 0.664. The molecule has 0 amide bonds. The van der Waals surface area contributed by atoms with Crippen LogP contribution in [0.3, 0.4) is 0 Å². The fourth-order valence-corrected chi connectivity index (χ4v) is 2.61. The van der Waals surface area contributed by atoms with Gasteiger partial charge in [-0.15, -0.1) is 11.6 Å². The lowest BCUT2D eigenvalue weighted by molar-refractivity contribution is 0.0958. The summed E-state index contributed by atoms with van der Waals surface area (Å²) in [6, 6.07) is 0. The topological polar surface area (TPSA) is 3.24 Å². The molecule has 1 rings (SSSR count). The van der Waals surface area contributed by atoms with Crippen LogP contribution >= 0.6 is 11.6 Å². The Kier molecular flexibility index (Phi) is 5.25. The Morgan fingerprint density at radius 3 is 2.14 bits per heavy atom. The molecule has 0 bridgehead atoms. The molecule has 0 aromatic rings. The SMILES string of the molecule is CCC1(CC)CCN(CCCCl)CC1. The highest BCUT2D eigenvalue weighted by Gasteiger charge is 2.30. The molecule has 0 spiro atoms. The molecule has 0 unspecified atom stereocenters. The van der Waals surface area contributed by atoms with E-state index in [9.17, 15) is 0 Å². The van der Waals surface area contributed by atoms with Gasteiger partial charge in [0.1, 0.15) is 0 Å². The lowest BCUT2D eigenvalue weighted by Crippen LogP contribution is -2.40. The molecule has 1 nitrogen and oxygen atoms in total. The molecular weight excluding hydrogens is 194 g/mol. The van der Waals surface area contributed by atoms with Crippen molar-refractivity contribution < 1.29 is 0 Å². The normalized spacial score (nSPS) is 22.5. The minimum absolute atomic E-state index is 0.664. The monoisotopic (exact) mass is 217 g/mol. The van der Waals surface area contributed by atoms with Gasteiger partial charge in [-0.1, -0.05) is 26.7 Å². The Morgan fingerprint density at radius 2 is 1.71 bits per heavy atom. The number of rotatable bonds is 5. The third-order valence-electron chi connectivity index (χ3n) is 4.02. The number of nitrogens with zero attached hydrogens (tertiary/aromatic N) is 1. The highest BCUT2D eigenvalue weighted by Crippen LogP contribution is 2.37. The first-order valence-corrected chi connectivity index (χ1v) is 6.58. The molecule has 0 saturated carbocycles. The smallest absolute Gasteiger partial charge is 0.0235 e. The summed E-state index contributed by atoms with van der Waals surface area (Å²) in [6.45, 7) is 8.47. The van der Waals surface area contributed by atoms with Gasteiger partial charge in [-0.25, -0.2) is 0 Å². The zero-order valence-electron chi connectivity index (χ0n) is 9.69. The van der Waals surface area contributed by atoms with Crippen molar-refractivity contribution in [3.05, 3.63) is 0 Å². The Labute approximate surface area is 93.8 Å². The van der Waals surface area contributed by atoms with Crippen molar-refractivity contribution >= 4 is 11.6 Å². The third kappa shape index (κ3) is 3.13. The second-order valence-corrected chi connectivity index (χ2v) is 4.97. The van der Waals surface area contributed by atoms with Crippen molar-refractivity contribution in [2.24, 2.45) is 5.41 Å². The summed E-state index contributed by atoms with van der Waals surface area (Å²) in [7, 11) is 0. The lowest BCUT2D eigenvalue weighted by atomic mass is 9.74. The van der Waals surface area contributed by atoms with E-state index in [-0.39, 0.29) is 0 Å². The van der Waals surface area contributed by atoms with Crippen LogP contribution in [0.25, 0.3) is 0 Å². The Hall–Kier alpha value is 0.250. The number of hydrogen-bond donors (Lipinski definition) is 0. The van der Waals surface area contributed by atoms with E-state index in [1.54, 1.807) is 0 Å². The summed E-state index contributed by atoms with van der Waals surface area (Å²) < 4.78 is 0. The number of likely N-dealkylation sites (tertiary alicyclic amines) is 1. The first kappa shape index (κ1) is 12.3. The Morgan fingerprint density at radius 1 is 1.14 bits per heavy atom. The van der Waals surface area contributed by atoms with Crippen LogP contribution in [-0.4, -0.2) is 30.4 Å². The number of halogens is 1. The van der Waals surface area contributed by atoms with Gasteiger partial charge in [-0.05, 0) is 44.3 Å². The molecule has 1 heterocycles. The quantitative estimate of drug-likeness (QED) is 0.637. The average Bonchev–Trinajstić information content (AvgIpc) is 2.27. The first-order chi connectivity index (χ1) is 6.76. The van der Waals surface area contributed by atoms with Gasteiger partial charge < -0.3 is 4.90 Å². The summed E-state index contributed by atoms with van der Waals surface area (Å²) >= 11 is 5.70. The molecule has 0 atom stereocenters. The van der Waals surface area contributed by atoms with E-state index in [1.165, 1.54) is 45.3 Å². The van der Waals surface area contributed by atoms with Gasteiger partial charge in [0.25, 0.3) is 0 Å². The first-order valence-electron chi connectivity index (χ1n) is 6.04. The summed E-state index contributed by atoms with van der Waals surface area (Å²) in [4.78, 5) is 2.58. The van der Waals surface area contributed by atoms with Gasteiger partial charge in [-0.2, -0.15) is 0 Å². The van der Waals surface area contributed by atoms with Gasteiger partial charge in [0.15, 0.2) is 0 Å². The zero-order valence-corrected chi connectivity index (χ0v) is 10.4. The molecule has 0 aliphatic carbocycles. The van der Waals surface area contributed by atoms with Crippen LogP contribution in [0.2, 0.25) is 0 Å². The van der Waals surface area contributed by atoms with Crippen molar-refractivity contribution in [3.63, 3.8) is 0 Å². The van der Waals surface area contributed by atoms with Crippen LogP contribution in [0.4, 0.5) is 0 Å². The molecule has 2 heteroatoms. The molecule has 0 aromatic carbocycles. The highest BCUT2D eigenvalue weighted by molar-refractivity contribution is 6.17. The third-order valence-corrected chi connectivity index (χ3v) is 4.29. The standard InChI is InChI=1S/C12H24ClN/c1-3-12(4-2)6-10-14(11-7-12)9-5-8-13/h3-11H2,1-2H3. The summed E-state index contributed by atoms with van der Waals surface area (Å²) in [5.41, 5.74) is 0.664. The van der Waals surface area contributed by atoms with Crippen LogP contribution in [0.15, 0.2) is 0 Å². The zero-order chi connectivity index (χ0) is 10.4. The van der Waals surface area contributed by atoms with Crippen molar-refractivity contribution in [1.82, 2.24) is 4.90 Å². The molecule has 0 N–H and O–H groups in total. The second-order valence-electron chi connectivity index (χ2n) is 4.59. The predicted octanol–water partition coefficient (Wildman–Crippen LogP) is 3.52. The van der Waals surface area contributed by atoms with E-state index in [1.807, 2.05) is 0 Å². The molecule has 1 fully saturated rings. The van der Waals surface area contributed by atoms with Crippen molar-refractivity contribution in [1.29, 1.82) is 0 Å². The average molecular weight is 218 g/mol. The van der Waals surface area contributed by atoms with E-state index in [4.69, 9.17) is 11.6 Å². The van der Waals surface area contributed by atoms with Crippen LogP contribution in [0, 0.1) is 5.41 Å². The van der Waals surface area contributed by atoms with Gasteiger partial charge in [0, 0.05) is 5.88 Å². The van der Waals surface area contributed by atoms with Crippen molar-refractivity contribution in [2.45, 2.75) is 46.0 Å². The summed E-state index contributed by atoms with van der Waals surface area (Å²) in [6.07, 6.45) is 6.64. The fourth-order valence-electron chi connectivity index (χ4n) is 2.49. The van der Waals surface area contributed by atoms with E-state index >= 15 is 0 Å². The van der Waals surface area contributed by atoms with Crippen LogP contribution < -0.4 is 0 Å². The van der Waals surface area contributed by atoms with Gasteiger partial charge in [-0.3, -0.25) is 0 Å². The number of hydrogen-bond acceptors (Lipinski definition) is 1. The van der Waals surface area contributed by atoms with E-state index in [2.05, 4.69) is 18.7 Å². The number of alkyl halides is 1. The highest BCUT2D eigenvalue weighted by atomic mass is 35.5. The largest absolute Gasteiger partial charge is 0.303 e. The predicted molar refractivity (Wildman–Crippen MR) is 64.0 cm³/mol. The van der Waals surface area contributed by atoms with E-state index in [0.717, 1.165) is 12.3 Å². The van der Waals surface area contributed by atoms with Gasteiger partial charge >= 0.3 is 0 Å². The fraction of sp³-hybridized carbons (Fsp3) is 1.00. The molecule has 1 aliphatic rings. The molecule has 0 radical (unpaired) electrons. The molecule has 1 aliphatic heterocycles. The maximum Gasteiger partial charge on any atom is 0.0235 e. The van der Waals surface area contributed by atoms with Crippen LogP contribution in [-0.2, 0) is 0 Å². The van der Waals surface area contributed by atoms with Crippen molar-refractivity contribution in [2.75, 3.05) is 25.5 Å². The summed E-state index contributed by atoms with van der Waals surface area (Å²) in [5, 5.41) is 0.